The van der Waals surface area contributed by atoms with Gasteiger partial charge < -0.3 is 14.9 Å². The molecule has 7 heteroatoms. The zero-order valence-electron chi connectivity index (χ0n) is 13.4. The maximum absolute atomic E-state index is 12.5. The molecule has 1 heterocycles. The minimum atomic E-state index is -0.952. The first-order valence-corrected chi connectivity index (χ1v) is 8.43. The van der Waals surface area contributed by atoms with E-state index in [2.05, 4.69) is 6.58 Å². The Balaban J connectivity index is 1.98. The summed E-state index contributed by atoms with van der Waals surface area (Å²) in [6.07, 6.45) is 0.281. The molecule has 0 radical (unpaired) electrons. The predicted molar refractivity (Wildman–Crippen MR) is 94.0 cm³/mol. The van der Waals surface area contributed by atoms with Crippen molar-refractivity contribution >= 4 is 35.0 Å². The Morgan fingerprint density at radius 2 is 2.08 bits per heavy atom. The topological polar surface area (TPSA) is 60.9 Å². The van der Waals surface area contributed by atoms with Gasteiger partial charge in [-0.05, 0) is 30.7 Å². The molecule has 0 aliphatic carbocycles. The quantitative estimate of drug-likeness (QED) is 0.828. The van der Waals surface area contributed by atoms with Crippen LogP contribution in [0.5, 0.6) is 0 Å². The summed E-state index contributed by atoms with van der Waals surface area (Å²) >= 11 is 11.8. The predicted octanol–water partition coefficient (Wildman–Crippen LogP) is 2.66. The van der Waals surface area contributed by atoms with E-state index in [-0.39, 0.29) is 24.3 Å². The van der Waals surface area contributed by atoms with Gasteiger partial charge in [0.05, 0.1) is 22.6 Å². The molecule has 1 saturated heterocycles. The number of nitrogens with zero attached hydrogens (tertiary/aromatic N) is 2. The molecule has 0 saturated carbocycles. The van der Waals surface area contributed by atoms with Gasteiger partial charge >= 0.3 is 0 Å². The maximum Gasteiger partial charge on any atom is 0.246 e. The van der Waals surface area contributed by atoms with E-state index < -0.39 is 6.10 Å². The number of carbonyl (C=O) groups excluding carboxylic acids is 2. The van der Waals surface area contributed by atoms with Gasteiger partial charge in [0, 0.05) is 25.7 Å². The van der Waals surface area contributed by atoms with Crippen LogP contribution in [0.15, 0.2) is 30.9 Å². The average Bonchev–Trinajstić information content (AvgIpc) is 2.56. The summed E-state index contributed by atoms with van der Waals surface area (Å²) in [4.78, 5) is 27.5. The summed E-state index contributed by atoms with van der Waals surface area (Å²) in [5.41, 5.74) is 0.547. The molecule has 1 aromatic rings. The van der Waals surface area contributed by atoms with Crippen LogP contribution < -0.4 is 0 Å². The Hall–Kier alpha value is -1.56. The number of piperazine rings is 1. The number of aliphatic hydroxyl groups is 1. The highest BCUT2D eigenvalue weighted by Crippen LogP contribution is 2.27. The van der Waals surface area contributed by atoms with Crippen LogP contribution in [0.25, 0.3) is 0 Å². The summed E-state index contributed by atoms with van der Waals surface area (Å²) in [6.45, 7) is 6.72. The van der Waals surface area contributed by atoms with Crippen LogP contribution in [0.3, 0.4) is 0 Å². The van der Waals surface area contributed by atoms with Crippen molar-refractivity contribution in [2.75, 3.05) is 19.6 Å². The van der Waals surface area contributed by atoms with Crippen molar-refractivity contribution in [3.05, 3.63) is 46.5 Å². The molecule has 24 heavy (non-hydrogen) atoms. The van der Waals surface area contributed by atoms with Gasteiger partial charge in [-0.3, -0.25) is 9.59 Å². The van der Waals surface area contributed by atoms with Gasteiger partial charge in [-0.1, -0.05) is 35.8 Å². The summed E-state index contributed by atoms with van der Waals surface area (Å²) in [5, 5.41) is 11.0. The molecule has 5 nitrogen and oxygen atoms in total. The number of benzene rings is 1. The Morgan fingerprint density at radius 1 is 1.38 bits per heavy atom. The highest BCUT2D eigenvalue weighted by Gasteiger charge is 2.30. The zero-order chi connectivity index (χ0) is 17.9. The Kier molecular flexibility index (Phi) is 6.27. The molecule has 1 aliphatic heterocycles. The molecular formula is C17H20Cl2N2O3. The van der Waals surface area contributed by atoms with Crippen molar-refractivity contribution < 1.29 is 14.7 Å². The number of halogens is 2. The second-order valence-corrected chi connectivity index (χ2v) is 6.63. The SMILES string of the molecule is C=CC(=O)N1CCN(C(=O)CC(O)c2ccc(Cl)c(Cl)c2)[C@@H](C)C1. The molecule has 1 aliphatic rings. The lowest BCUT2D eigenvalue weighted by molar-refractivity contribution is -0.141. The lowest BCUT2D eigenvalue weighted by atomic mass is 10.0. The molecule has 2 rings (SSSR count). The summed E-state index contributed by atoms with van der Waals surface area (Å²) in [6, 6.07) is 4.69. The van der Waals surface area contributed by atoms with Crippen molar-refractivity contribution in [1.29, 1.82) is 0 Å². The van der Waals surface area contributed by atoms with Crippen molar-refractivity contribution in [2.24, 2.45) is 0 Å². The van der Waals surface area contributed by atoms with Crippen LogP contribution in [0.1, 0.15) is 25.0 Å². The van der Waals surface area contributed by atoms with Crippen molar-refractivity contribution in [1.82, 2.24) is 9.80 Å². The second-order valence-electron chi connectivity index (χ2n) is 5.82. The third-order valence-corrected chi connectivity index (χ3v) is 4.87. The Morgan fingerprint density at radius 3 is 2.67 bits per heavy atom. The van der Waals surface area contributed by atoms with Gasteiger partial charge in [0.15, 0.2) is 0 Å². The summed E-state index contributed by atoms with van der Waals surface area (Å²) in [5.74, 6) is -0.295. The van der Waals surface area contributed by atoms with Crippen LogP contribution >= 0.6 is 23.2 Å². The largest absolute Gasteiger partial charge is 0.388 e. The number of amides is 2. The van der Waals surface area contributed by atoms with E-state index in [9.17, 15) is 14.7 Å². The van der Waals surface area contributed by atoms with E-state index in [0.717, 1.165) is 0 Å². The highest BCUT2D eigenvalue weighted by molar-refractivity contribution is 6.42. The van der Waals surface area contributed by atoms with E-state index in [0.29, 0.717) is 35.2 Å². The number of aliphatic hydroxyl groups excluding tert-OH is 1. The van der Waals surface area contributed by atoms with E-state index in [1.807, 2.05) is 6.92 Å². The van der Waals surface area contributed by atoms with E-state index in [4.69, 9.17) is 23.2 Å². The molecule has 2 amide bonds. The van der Waals surface area contributed by atoms with Crippen LogP contribution in [0.2, 0.25) is 10.0 Å². The third-order valence-electron chi connectivity index (χ3n) is 4.13. The fourth-order valence-electron chi connectivity index (χ4n) is 2.78. The fourth-order valence-corrected chi connectivity index (χ4v) is 3.08. The van der Waals surface area contributed by atoms with Crippen LogP contribution in [0, 0.1) is 0 Å². The molecule has 1 fully saturated rings. The Labute approximate surface area is 151 Å². The lowest BCUT2D eigenvalue weighted by Crippen LogP contribution is -2.55. The lowest BCUT2D eigenvalue weighted by Gasteiger charge is -2.39. The standard InChI is InChI=1S/C17H20Cl2N2O3/c1-3-16(23)20-6-7-21(11(2)10-20)17(24)9-15(22)12-4-5-13(18)14(19)8-12/h3-5,8,11,15,22H,1,6-7,9-10H2,2H3/t11-,15?/m0/s1. The molecule has 1 unspecified atom stereocenters. The number of hydrogen-bond acceptors (Lipinski definition) is 3. The minimum Gasteiger partial charge on any atom is -0.388 e. The number of rotatable bonds is 4. The fraction of sp³-hybridized carbons (Fsp3) is 0.412. The molecule has 0 bridgehead atoms. The first-order chi connectivity index (χ1) is 11.3. The van der Waals surface area contributed by atoms with Gasteiger partial charge in [0.25, 0.3) is 0 Å². The van der Waals surface area contributed by atoms with Crippen LogP contribution in [-0.4, -0.2) is 52.4 Å². The number of carbonyl (C=O) groups is 2. The first kappa shape index (κ1) is 18.8. The molecule has 0 spiro atoms. The normalized spacial score (nSPS) is 19.1. The third kappa shape index (κ3) is 4.29. The molecule has 1 N–H and O–H groups in total. The van der Waals surface area contributed by atoms with Gasteiger partial charge in [-0.2, -0.15) is 0 Å². The van der Waals surface area contributed by atoms with Gasteiger partial charge in [0.2, 0.25) is 11.8 Å². The van der Waals surface area contributed by atoms with Crippen molar-refractivity contribution in [3.63, 3.8) is 0 Å². The number of hydrogen-bond donors (Lipinski definition) is 1. The van der Waals surface area contributed by atoms with Crippen LogP contribution in [-0.2, 0) is 9.59 Å². The maximum atomic E-state index is 12.5. The Bertz CT molecular complexity index is 651. The monoisotopic (exact) mass is 370 g/mol. The van der Waals surface area contributed by atoms with Gasteiger partial charge in [0.1, 0.15) is 0 Å². The molecule has 0 aromatic heterocycles. The van der Waals surface area contributed by atoms with Crippen LogP contribution in [0.4, 0.5) is 0 Å². The summed E-state index contributed by atoms with van der Waals surface area (Å²) in [7, 11) is 0. The van der Waals surface area contributed by atoms with E-state index in [1.54, 1.807) is 28.0 Å². The summed E-state index contributed by atoms with van der Waals surface area (Å²) < 4.78 is 0. The van der Waals surface area contributed by atoms with Gasteiger partial charge in [-0.15, -0.1) is 0 Å². The van der Waals surface area contributed by atoms with E-state index >= 15 is 0 Å². The van der Waals surface area contributed by atoms with Crippen molar-refractivity contribution in [3.8, 4) is 0 Å². The molecular weight excluding hydrogens is 351 g/mol. The first-order valence-electron chi connectivity index (χ1n) is 7.67. The highest BCUT2D eigenvalue weighted by atomic mass is 35.5. The molecule has 1 aromatic carbocycles. The van der Waals surface area contributed by atoms with Crippen molar-refractivity contribution in [2.45, 2.75) is 25.5 Å². The molecule has 2 atom stereocenters. The smallest absolute Gasteiger partial charge is 0.246 e. The van der Waals surface area contributed by atoms with Gasteiger partial charge in [-0.25, -0.2) is 0 Å². The van der Waals surface area contributed by atoms with E-state index in [1.165, 1.54) is 6.08 Å². The second kappa shape index (κ2) is 8.01. The minimum absolute atomic E-state index is 0.0439. The average molecular weight is 371 g/mol. The zero-order valence-corrected chi connectivity index (χ0v) is 14.9. The molecule has 130 valence electrons.